The molecule has 1 heterocycles. The van der Waals surface area contributed by atoms with Gasteiger partial charge in [-0.15, -0.1) is 12.4 Å². The molecule has 0 aliphatic rings. The van der Waals surface area contributed by atoms with E-state index in [9.17, 15) is 4.79 Å². The van der Waals surface area contributed by atoms with Crippen LogP contribution in [0.15, 0.2) is 30.6 Å². The quantitative estimate of drug-likeness (QED) is 0.775. The molecule has 7 heteroatoms. The molecule has 1 aromatic carbocycles. The third kappa shape index (κ3) is 4.35. The van der Waals surface area contributed by atoms with Crippen molar-refractivity contribution in [3.63, 3.8) is 0 Å². The third-order valence-corrected chi connectivity index (χ3v) is 2.47. The van der Waals surface area contributed by atoms with Gasteiger partial charge in [0, 0.05) is 17.7 Å². The zero-order chi connectivity index (χ0) is 12.8. The summed E-state index contributed by atoms with van der Waals surface area (Å²) in [7, 11) is 0. The van der Waals surface area contributed by atoms with Crippen molar-refractivity contribution in [1.29, 1.82) is 0 Å². The molecule has 19 heavy (non-hydrogen) atoms. The number of aromatic amines is 1. The summed E-state index contributed by atoms with van der Waals surface area (Å²) in [5.41, 5.74) is 7.04. The maximum absolute atomic E-state index is 11.5. The van der Waals surface area contributed by atoms with Gasteiger partial charge in [0.2, 0.25) is 5.91 Å². The molecule has 1 amide bonds. The van der Waals surface area contributed by atoms with E-state index in [1.807, 2.05) is 24.3 Å². The van der Waals surface area contributed by atoms with Gasteiger partial charge in [-0.2, -0.15) is 5.10 Å². The van der Waals surface area contributed by atoms with Crippen molar-refractivity contribution < 1.29 is 4.79 Å². The highest BCUT2D eigenvalue weighted by Crippen LogP contribution is 2.17. The summed E-state index contributed by atoms with van der Waals surface area (Å²) in [6, 6.07) is 7.41. The SMILES string of the molecule is Cl.NCCCC(=O)Nc1ccc(-c2ncn[nH]2)cc1. The number of carbonyl (C=O) groups excluding carboxylic acids is 1. The summed E-state index contributed by atoms with van der Waals surface area (Å²) < 4.78 is 0. The topological polar surface area (TPSA) is 96.7 Å². The van der Waals surface area contributed by atoms with E-state index in [0.29, 0.717) is 25.2 Å². The molecule has 2 rings (SSSR count). The highest BCUT2D eigenvalue weighted by atomic mass is 35.5. The van der Waals surface area contributed by atoms with Gasteiger partial charge in [-0.25, -0.2) is 4.98 Å². The highest BCUT2D eigenvalue weighted by Gasteiger charge is 2.03. The minimum atomic E-state index is -0.0205. The summed E-state index contributed by atoms with van der Waals surface area (Å²) in [6.45, 7) is 0.526. The van der Waals surface area contributed by atoms with E-state index in [2.05, 4.69) is 20.5 Å². The molecular weight excluding hydrogens is 266 g/mol. The molecule has 0 spiro atoms. The first-order valence-electron chi connectivity index (χ1n) is 5.75. The number of benzene rings is 1. The first-order chi connectivity index (χ1) is 8.79. The molecule has 102 valence electrons. The molecule has 0 bridgehead atoms. The van der Waals surface area contributed by atoms with Gasteiger partial charge in [0.15, 0.2) is 5.82 Å². The van der Waals surface area contributed by atoms with Gasteiger partial charge in [-0.1, -0.05) is 0 Å². The lowest BCUT2D eigenvalue weighted by molar-refractivity contribution is -0.116. The van der Waals surface area contributed by atoms with E-state index < -0.39 is 0 Å². The number of nitrogens with one attached hydrogen (secondary N) is 2. The summed E-state index contributed by atoms with van der Waals surface area (Å²) >= 11 is 0. The van der Waals surface area contributed by atoms with Gasteiger partial charge < -0.3 is 11.1 Å². The second-order valence-corrected chi connectivity index (χ2v) is 3.85. The molecule has 0 saturated carbocycles. The van der Waals surface area contributed by atoms with Crippen LogP contribution in [0.1, 0.15) is 12.8 Å². The van der Waals surface area contributed by atoms with Gasteiger partial charge in [0.25, 0.3) is 0 Å². The standard InChI is InChI=1S/C12H15N5O.ClH/c13-7-1-2-11(18)16-10-5-3-9(4-6-10)12-14-8-15-17-12;/h3-6,8H,1-2,7,13H2,(H,16,18)(H,14,15,17);1H. The second-order valence-electron chi connectivity index (χ2n) is 3.85. The van der Waals surface area contributed by atoms with Crippen LogP contribution >= 0.6 is 12.4 Å². The fourth-order valence-electron chi connectivity index (χ4n) is 1.54. The number of rotatable bonds is 5. The first kappa shape index (κ1) is 15.1. The van der Waals surface area contributed by atoms with Gasteiger partial charge in [0.05, 0.1) is 0 Å². The van der Waals surface area contributed by atoms with Crippen LogP contribution in [0.4, 0.5) is 5.69 Å². The summed E-state index contributed by atoms with van der Waals surface area (Å²) in [5, 5.41) is 9.37. The minimum Gasteiger partial charge on any atom is -0.330 e. The number of hydrogen-bond donors (Lipinski definition) is 3. The first-order valence-corrected chi connectivity index (χ1v) is 5.75. The number of carbonyl (C=O) groups is 1. The van der Waals surface area contributed by atoms with E-state index in [1.54, 1.807) is 0 Å². The van der Waals surface area contributed by atoms with E-state index in [-0.39, 0.29) is 18.3 Å². The van der Waals surface area contributed by atoms with Gasteiger partial charge >= 0.3 is 0 Å². The normalized spacial score (nSPS) is 9.74. The smallest absolute Gasteiger partial charge is 0.224 e. The molecule has 0 radical (unpaired) electrons. The Hall–Kier alpha value is -1.92. The fourth-order valence-corrected chi connectivity index (χ4v) is 1.54. The Labute approximate surface area is 117 Å². The summed E-state index contributed by atoms with van der Waals surface area (Å²) in [6.07, 6.45) is 2.60. The molecule has 0 saturated heterocycles. The zero-order valence-corrected chi connectivity index (χ0v) is 11.1. The molecule has 0 aliphatic heterocycles. The van der Waals surface area contributed by atoms with E-state index in [4.69, 9.17) is 5.73 Å². The monoisotopic (exact) mass is 281 g/mol. The lowest BCUT2D eigenvalue weighted by Crippen LogP contribution is -2.13. The molecule has 6 nitrogen and oxygen atoms in total. The molecule has 1 aromatic heterocycles. The molecule has 0 unspecified atom stereocenters. The Kier molecular flexibility index (Phi) is 5.98. The van der Waals surface area contributed by atoms with Crippen LogP contribution < -0.4 is 11.1 Å². The van der Waals surface area contributed by atoms with Crippen molar-refractivity contribution in [1.82, 2.24) is 15.2 Å². The van der Waals surface area contributed by atoms with Crippen LogP contribution in [-0.4, -0.2) is 27.6 Å². The molecule has 2 aromatic rings. The van der Waals surface area contributed by atoms with Crippen molar-refractivity contribution in [2.45, 2.75) is 12.8 Å². The number of anilines is 1. The van der Waals surface area contributed by atoms with Gasteiger partial charge in [-0.3, -0.25) is 9.89 Å². The number of nitrogens with zero attached hydrogens (tertiary/aromatic N) is 2. The van der Waals surface area contributed by atoms with E-state index >= 15 is 0 Å². The number of H-pyrrole nitrogens is 1. The molecule has 0 atom stereocenters. The average molecular weight is 282 g/mol. The minimum absolute atomic E-state index is 0. The van der Waals surface area contributed by atoms with Gasteiger partial charge in [0.1, 0.15) is 6.33 Å². The Balaban J connectivity index is 0.00000180. The maximum Gasteiger partial charge on any atom is 0.224 e. The van der Waals surface area contributed by atoms with Crippen LogP contribution in [0.25, 0.3) is 11.4 Å². The van der Waals surface area contributed by atoms with Crippen molar-refractivity contribution in [3.8, 4) is 11.4 Å². The van der Waals surface area contributed by atoms with Crippen LogP contribution in [-0.2, 0) is 4.79 Å². The summed E-state index contributed by atoms with van der Waals surface area (Å²) in [4.78, 5) is 15.5. The number of aromatic nitrogens is 3. The Morgan fingerprint density at radius 2 is 2.05 bits per heavy atom. The van der Waals surface area contributed by atoms with Crippen LogP contribution in [0.5, 0.6) is 0 Å². The molecule has 0 aliphatic carbocycles. The van der Waals surface area contributed by atoms with Crippen LogP contribution in [0.3, 0.4) is 0 Å². The number of halogens is 1. The van der Waals surface area contributed by atoms with E-state index in [0.717, 1.165) is 11.3 Å². The summed E-state index contributed by atoms with van der Waals surface area (Å²) in [5.74, 6) is 0.684. The van der Waals surface area contributed by atoms with Crippen molar-refractivity contribution >= 4 is 24.0 Å². The van der Waals surface area contributed by atoms with Crippen molar-refractivity contribution in [2.75, 3.05) is 11.9 Å². The highest BCUT2D eigenvalue weighted by molar-refractivity contribution is 5.90. The molecule has 0 fully saturated rings. The third-order valence-electron chi connectivity index (χ3n) is 2.47. The maximum atomic E-state index is 11.5. The Morgan fingerprint density at radius 3 is 2.63 bits per heavy atom. The molecular formula is C12H16ClN5O. The molecule has 4 N–H and O–H groups in total. The van der Waals surface area contributed by atoms with E-state index in [1.165, 1.54) is 6.33 Å². The number of nitrogens with two attached hydrogens (primary N) is 1. The van der Waals surface area contributed by atoms with Crippen LogP contribution in [0.2, 0.25) is 0 Å². The zero-order valence-electron chi connectivity index (χ0n) is 10.3. The van der Waals surface area contributed by atoms with Crippen LogP contribution in [0, 0.1) is 0 Å². The fraction of sp³-hybridized carbons (Fsp3) is 0.250. The average Bonchev–Trinajstić information content (AvgIpc) is 2.91. The predicted molar refractivity (Wildman–Crippen MR) is 76.0 cm³/mol. The number of amides is 1. The lowest BCUT2D eigenvalue weighted by atomic mass is 10.2. The lowest BCUT2D eigenvalue weighted by Gasteiger charge is -2.05. The van der Waals surface area contributed by atoms with Crippen molar-refractivity contribution in [2.24, 2.45) is 5.73 Å². The number of hydrogen-bond acceptors (Lipinski definition) is 4. The van der Waals surface area contributed by atoms with Crippen molar-refractivity contribution in [3.05, 3.63) is 30.6 Å². The largest absolute Gasteiger partial charge is 0.330 e. The Bertz CT molecular complexity index is 497. The predicted octanol–water partition coefficient (Wildman–Crippen LogP) is 1.57. The van der Waals surface area contributed by atoms with Gasteiger partial charge in [-0.05, 0) is 37.2 Å². The second kappa shape index (κ2) is 7.50. The Morgan fingerprint density at radius 1 is 1.32 bits per heavy atom.